The molecule has 0 atom stereocenters. The number of nitrogens with zero attached hydrogens (tertiary/aromatic N) is 2. The number of imidazole rings is 1. The summed E-state index contributed by atoms with van der Waals surface area (Å²) in [7, 11) is 2.04. The van der Waals surface area contributed by atoms with E-state index in [2.05, 4.69) is 21.7 Å². The van der Waals surface area contributed by atoms with Crippen LogP contribution in [-0.2, 0) is 19.9 Å². The van der Waals surface area contributed by atoms with Crippen LogP contribution >= 0.6 is 11.6 Å². The molecule has 4 heteroatoms. The van der Waals surface area contributed by atoms with Crippen LogP contribution in [0.4, 0.5) is 5.69 Å². The van der Waals surface area contributed by atoms with E-state index in [1.165, 1.54) is 5.56 Å². The van der Waals surface area contributed by atoms with Crippen molar-refractivity contribution in [2.45, 2.75) is 12.8 Å². The lowest BCUT2D eigenvalue weighted by atomic mass is 10.1. The Morgan fingerprint density at radius 3 is 2.60 bits per heavy atom. The minimum Gasteiger partial charge on any atom is -0.399 e. The number of nitrogens with two attached hydrogens (primary N) is 1. The third-order valence-corrected chi connectivity index (χ3v) is 3.79. The van der Waals surface area contributed by atoms with Gasteiger partial charge in [0.25, 0.3) is 0 Å². The Balaban J connectivity index is 1.84. The highest BCUT2D eigenvalue weighted by molar-refractivity contribution is 6.31. The number of fused-ring (bicyclic) bond motifs is 1. The molecule has 3 nitrogen and oxygen atoms in total. The summed E-state index contributed by atoms with van der Waals surface area (Å²) in [5, 5.41) is 0.723. The van der Waals surface area contributed by atoms with Gasteiger partial charge < -0.3 is 10.3 Å². The van der Waals surface area contributed by atoms with E-state index in [1.54, 1.807) is 0 Å². The van der Waals surface area contributed by atoms with Crippen LogP contribution in [0.5, 0.6) is 0 Å². The van der Waals surface area contributed by atoms with Crippen LogP contribution in [0.1, 0.15) is 11.4 Å². The van der Waals surface area contributed by atoms with E-state index in [-0.39, 0.29) is 0 Å². The molecular weight excluding hydrogens is 270 g/mol. The Bertz CT molecular complexity index is 744. The van der Waals surface area contributed by atoms with Crippen molar-refractivity contribution in [2.75, 3.05) is 5.73 Å². The van der Waals surface area contributed by atoms with Gasteiger partial charge in [0.15, 0.2) is 0 Å². The lowest BCUT2D eigenvalue weighted by molar-refractivity contribution is 0.787. The molecule has 3 rings (SSSR count). The van der Waals surface area contributed by atoms with Crippen molar-refractivity contribution in [3.63, 3.8) is 0 Å². The molecule has 0 radical (unpaired) electrons. The highest BCUT2D eigenvalue weighted by Crippen LogP contribution is 2.20. The molecule has 0 aliphatic rings. The summed E-state index contributed by atoms with van der Waals surface area (Å²) in [6.45, 7) is 0. The number of anilines is 1. The summed E-state index contributed by atoms with van der Waals surface area (Å²) in [6, 6.07) is 13.8. The number of hydrogen-bond donors (Lipinski definition) is 1. The van der Waals surface area contributed by atoms with Crippen molar-refractivity contribution in [3.8, 4) is 0 Å². The molecule has 2 N–H and O–H groups in total. The maximum Gasteiger partial charge on any atom is 0.109 e. The Morgan fingerprint density at radius 2 is 1.85 bits per heavy atom. The fourth-order valence-electron chi connectivity index (χ4n) is 2.39. The fourth-order valence-corrected chi connectivity index (χ4v) is 2.55. The van der Waals surface area contributed by atoms with Gasteiger partial charge in [-0.1, -0.05) is 23.7 Å². The van der Waals surface area contributed by atoms with E-state index in [0.29, 0.717) is 0 Å². The second kappa shape index (κ2) is 5.17. The predicted octanol–water partition coefficient (Wildman–Crippen LogP) is 3.59. The summed E-state index contributed by atoms with van der Waals surface area (Å²) >= 11 is 6.01. The summed E-state index contributed by atoms with van der Waals surface area (Å²) in [5.41, 5.74) is 9.82. The first-order chi connectivity index (χ1) is 9.63. The molecule has 0 unspecified atom stereocenters. The van der Waals surface area contributed by atoms with Gasteiger partial charge in [0, 0.05) is 24.2 Å². The van der Waals surface area contributed by atoms with Crippen LogP contribution < -0.4 is 5.73 Å². The fraction of sp³-hybridized carbons (Fsp3) is 0.188. The number of halogens is 1. The maximum atomic E-state index is 6.01. The van der Waals surface area contributed by atoms with Gasteiger partial charge in [-0.05, 0) is 42.3 Å². The zero-order valence-electron chi connectivity index (χ0n) is 11.3. The van der Waals surface area contributed by atoms with Crippen LogP contribution in [0.2, 0.25) is 5.02 Å². The SMILES string of the molecule is Cn1c(CCc2ccc(N)cc2)nc2cc(Cl)ccc21. The van der Waals surface area contributed by atoms with Crippen LogP contribution in [0.3, 0.4) is 0 Å². The molecular formula is C16H16ClN3. The first kappa shape index (κ1) is 13.0. The highest BCUT2D eigenvalue weighted by Gasteiger charge is 2.08. The van der Waals surface area contributed by atoms with Gasteiger partial charge in [-0.3, -0.25) is 0 Å². The normalized spacial score (nSPS) is 11.1. The number of rotatable bonds is 3. The number of hydrogen-bond acceptors (Lipinski definition) is 2. The summed E-state index contributed by atoms with van der Waals surface area (Å²) in [5.74, 6) is 1.07. The number of nitrogen functional groups attached to an aromatic ring is 1. The Morgan fingerprint density at radius 1 is 1.10 bits per heavy atom. The molecule has 0 amide bonds. The molecule has 0 aliphatic heterocycles. The molecule has 2 aromatic carbocycles. The van der Waals surface area contributed by atoms with Crippen LogP contribution in [-0.4, -0.2) is 9.55 Å². The molecule has 0 saturated carbocycles. The zero-order chi connectivity index (χ0) is 14.1. The van der Waals surface area contributed by atoms with Gasteiger partial charge in [0.2, 0.25) is 0 Å². The molecule has 0 saturated heterocycles. The van der Waals surface area contributed by atoms with Gasteiger partial charge in [-0.25, -0.2) is 4.98 Å². The monoisotopic (exact) mass is 285 g/mol. The van der Waals surface area contributed by atoms with Crippen LogP contribution in [0.15, 0.2) is 42.5 Å². The lowest BCUT2D eigenvalue weighted by Crippen LogP contribution is -2.00. The van der Waals surface area contributed by atoms with E-state index in [4.69, 9.17) is 17.3 Å². The van der Waals surface area contributed by atoms with E-state index in [9.17, 15) is 0 Å². The third-order valence-electron chi connectivity index (χ3n) is 3.55. The van der Waals surface area contributed by atoms with Crippen LogP contribution in [0.25, 0.3) is 11.0 Å². The molecule has 0 bridgehead atoms. The predicted molar refractivity (Wildman–Crippen MR) is 84.0 cm³/mol. The molecule has 0 aliphatic carbocycles. The van der Waals surface area contributed by atoms with Crippen molar-refractivity contribution in [2.24, 2.45) is 7.05 Å². The van der Waals surface area contributed by atoms with Gasteiger partial charge >= 0.3 is 0 Å². The Kier molecular flexibility index (Phi) is 3.36. The van der Waals surface area contributed by atoms with Gasteiger partial charge in [-0.15, -0.1) is 0 Å². The Hall–Kier alpha value is -2.00. The van der Waals surface area contributed by atoms with E-state index in [0.717, 1.165) is 40.4 Å². The minimum atomic E-state index is 0.723. The van der Waals surface area contributed by atoms with E-state index < -0.39 is 0 Å². The minimum absolute atomic E-state index is 0.723. The maximum absolute atomic E-state index is 6.01. The number of aryl methyl sites for hydroxylation is 3. The van der Waals surface area contributed by atoms with E-state index in [1.807, 2.05) is 37.4 Å². The van der Waals surface area contributed by atoms with Crippen molar-refractivity contribution in [1.29, 1.82) is 0 Å². The molecule has 3 aromatic rings. The number of aromatic nitrogens is 2. The molecule has 0 spiro atoms. The van der Waals surface area contributed by atoms with Crippen molar-refractivity contribution < 1.29 is 0 Å². The first-order valence-electron chi connectivity index (χ1n) is 6.59. The standard InChI is InChI=1S/C16H16ClN3/c1-20-15-8-5-12(17)10-14(15)19-16(20)9-4-11-2-6-13(18)7-3-11/h2-3,5-8,10H,4,9,18H2,1H3. The second-order valence-corrected chi connectivity index (χ2v) is 5.40. The largest absolute Gasteiger partial charge is 0.399 e. The van der Waals surface area contributed by atoms with Crippen molar-refractivity contribution in [1.82, 2.24) is 9.55 Å². The summed E-state index contributed by atoms with van der Waals surface area (Å²) < 4.78 is 2.13. The topological polar surface area (TPSA) is 43.8 Å². The Labute approximate surface area is 123 Å². The van der Waals surface area contributed by atoms with Crippen molar-refractivity contribution >= 4 is 28.3 Å². The van der Waals surface area contributed by atoms with Gasteiger partial charge in [0.05, 0.1) is 11.0 Å². The second-order valence-electron chi connectivity index (χ2n) is 4.96. The van der Waals surface area contributed by atoms with Gasteiger partial charge in [-0.2, -0.15) is 0 Å². The molecule has 20 heavy (non-hydrogen) atoms. The smallest absolute Gasteiger partial charge is 0.109 e. The average Bonchev–Trinajstić information content (AvgIpc) is 2.74. The highest BCUT2D eigenvalue weighted by atomic mass is 35.5. The van der Waals surface area contributed by atoms with Gasteiger partial charge in [0.1, 0.15) is 5.82 Å². The summed E-state index contributed by atoms with van der Waals surface area (Å²) in [4.78, 5) is 4.66. The van der Waals surface area contributed by atoms with E-state index >= 15 is 0 Å². The zero-order valence-corrected chi connectivity index (χ0v) is 12.1. The number of benzene rings is 2. The first-order valence-corrected chi connectivity index (χ1v) is 6.96. The quantitative estimate of drug-likeness (QED) is 0.747. The van der Waals surface area contributed by atoms with Crippen LogP contribution in [0, 0.1) is 0 Å². The summed E-state index contributed by atoms with van der Waals surface area (Å²) in [6.07, 6.45) is 1.85. The van der Waals surface area contributed by atoms with Crippen molar-refractivity contribution in [3.05, 3.63) is 58.9 Å². The lowest BCUT2D eigenvalue weighted by Gasteiger charge is -2.03. The average molecular weight is 286 g/mol. The molecule has 1 aromatic heterocycles. The molecule has 1 heterocycles. The molecule has 102 valence electrons. The molecule has 0 fully saturated rings. The third kappa shape index (κ3) is 2.49.